The number of hydrogen-bond donors (Lipinski definition) is 2. The van der Waals surface area contributed by atoms with Crippen molar-refractivity contribution in [3.05, 3.63) is 76.9 Å². The first-order valence-corrected chi connectivity index (χ1v) is 9.53. The zero-order valence-electron chi connectivity index (χ0n) is 15.7. The minimum absolute atomic E-state index is 0.134. The first kappa shape index (κ1) is 19.4. The van der Waals surface area contributed by atoms with E-state index in [4.69, 9.17) is 5.26 Å². The minimum Gasteiger partial charge on any atom is -0.352 e. The highest BCUT2D eigenvalue weighted by Gasteiger charge is 2.10. The monoisotopic (exact) mass is 373 g/mol. The van der Waals surface area contributed by atoms with Gasteiger partial charge in [-0.25, -0.2) is 0 Å². The zero-order valence-corrected chi connectivity index (χ0v) is 15.7. The number of nitrogens with zero attached hydrogens (tertiary/aromatic N) is 1. The van der Waals surface area contributed by atoms with Gasteiger partial charge in [0, 0.05) is 23.4 Å². The van der Waals surface area contributed by atoms with E-state index in [-0.39, 0.29) is 11.8 Å². The molecule has 28 heavy (non-hydrogen) atoms. The molecule has 0 aliphatic heterocycles. The summed E-state index contributed by atoms with van der Waals surface area (Å²) in [6.45, 7) is 0.627. The number of anilines is 1. The molecule has 3 rings (SSSR count). The van der Waals surface area contributed by atoms with Crippen molar-refractivity contribution in [3.8, 4) is 6.07 Å². The number of carbonyl (C=O) groups excluding carboxylic acids is 2. The Morgan fingerprint density at radius 1 is 1.00 bits per heavy atom. The number of hydrogen-bond acceptors (Lipinski definition) is 3. The van der Waals surface area contributed by atoms with Crippen molar-refractivity contribution in [2.75, 3.05) is 11.9 Å². The summed E-state index contributed by atoms with van der Waals surface area (Å²) in [5.74, 6) is -0.420. The Bertz CT molecular complexity index is 924. The topological polar surface area (TPSA) is 82.0 Å². The molecule has 2 aromatic rings. The fourth-order valence-corrected chi connectivity index (χ4v) is 3.21. The van der Waals surface area contributed by atoms with Gasteiger partial charge in [0.15, 0.2) is 0 Å². The largest absolute Gasteiger partial charge is 0.352 e. The zero-order chi connectivity index (χ0) is 19.8. The molecule has 0 bridgehead atoms. The van der Waals surface area contributed by atoms with Gasteiger partial charge in [0.1, 0.15) is 0 Å². The number of nitrogens with one attached hydrogen (secondary N) is 2. The summed E-state index contributed by atoms with van der Waals surface area (Å²) in [7, 11) is 0. The summed E-state index contributed by atoms with van der Waals surface area (Å²) in [4.78, 5) is 24.6. The van der Waals surface area contributed by atoms with E-state index < -0.39 is 0 Å². The molecular formula is C23H23N3O2. The van der Waals surface area contributed by atoms with Gasteiger partial charge in [-0.15, -0.1) is 0 Å². The van der Waals surface area contributed by atoms with E-state index in [9.17, 15) is 9.59 Å². The van der Waals surface area contributed by atoms with Crippen LogP contribution in [0, 0.1) is 11.3 Å². The maximum Gasteiger partial charge on any atom is 0.255 e. The summed E-state index contributed by atoms with van der Waals surface area (Å²) in [6, 6.07) is 15.3. The van der Waals surface area contributed by atoms with Crippen molar-refractivity contribution in [2.45, 2.75) is 32.1 Å². The molecule has 0 saturated carbocycles. The van der Waals surface area contributed by atoms with Gasteiger partial charge in [-0.3, -0.25) is 9.59 Å². The molecule has 1 aliphatic rings. The molecule has 0 fully saturated rings. The van der Waals surface area contributed by atoms with Crippen molar-refractivity contribution in [3.63, 3.8) is 0 Å². The van der Waals surface area contributed by atoms with Crippen LogP contribution in [0.3, 0.4) is 0 Å². The summed E-state index contributed by atoms with van der Waals surface area (Å²) >= 11 is 0. The van der Waals surface area contributed by atoms with Gasteiger partial charge >= 0.3 is 0 Å². The third-order valence-electron chi connectivity index (χ3n) is 4.78. The summed E-state index contributed by atoms with van der Waals surface area (Å²) < 4.78 is 0. The average Bonchev–Trinajstić information content (AvgIpc) is 2.74. The molecule has 142 valence electrons. The number of nitriles is 1. The lowest BCUT2D eigenvalue weighted by Crippen LogP contribution is -2.25. The summed E-state index contributed by atoms with van der Waals surface area (Å²) in [6.07, 6.45) is 7.97. The fraction of sp³-hybridized carbons (Fsp3) is 0.261. The molecule has 2 amide bonds. The van der Waals surface area contributed by atoms with Gasteiger partial charge in [-0.05, 0) is 74.6 Å². The molecule has 5 nitrogen and oxygen atoms in total. The van der Waals surface area contributed by atoms with Crippen LogP contribution in [0.1, 0.15) is 58.4 Å². The number of amides is 2. The van der Waals surface area contributed by atoms with Crippen LogP contribution in [-0.4, -0.2) is 18.4 Å². The Hall–Kier alpha value is -3.39. The SMILES string of the molecule is N#Cc1cccc(NC(=O)c2ccc(C(=O)NCCC3=CCCCC3)cc2)c1. The first-order valence-electron chi connectivity index (χ1n) is 9.53. The van der Waals surface area contributed by atoms with E-state index in [2.05, 4.69) is 16.7 Å². The minimum atomic E-state index is -0.286. The fourth-order valence-electron chi connectivity index (χ4n) is 3.21. The van der Waals surface area contributed by atoms with E-state index in [1.165, 1.54) is 18.4 Å². The maximum absolute atomic E-state index is 12.3. The molecule has 0 saturated heterocycles. The normalized spacial score (nSPS) is 13.2. The van der Waals surface area contributed by atoms with Crippen LogP contribution >= 0.6 is 0 Å². The molecule has 0 unspecified atom stereocenters. The van der Waals surface area contributed by atoms with Gasteiger partial charge < -0.3 is 10.6 Å². The van der Waals surface area contributed by atoms with Crippen LogP contribution in [0.2, 0.25) is 0 Å². The third-order valence-corrected chi connectivity index (χ3v) is 4.78. The lowest BCUT2D eigenvalue weighted by atomic mass is 9.97. The van der Waals surface area contributed by atoms with E-state index in [0.717, 1.165) is 19.3 Å². The Morgan fingerprint density at radius 3 is 2.43 bits per heavy atom. The Balaban J connectivity index is 1.53. The van der Waals surface area contributed by atoms with Crippen LogP contribution in [0.4, 0.5) is 5.69 Å². The van der Waals surface area contributed by atoms with Gasteiger partial charge in [0.25, 0.3) is 11.8 Å². The van der Waals surface area contributed by atoms with E-state index in [0.29, 0.717) is 28.9 Å². The van der Waals surface area contributed by atoms with Crippen molar-refractivity contribution < 1.29 is 9.59 Å². The molecule has 0 atom stereocenters. The lowest BCUT2D eigenvalue weighted by molar-refractivity contribution is 0.0952. The number of benzene rings is 2. The molecular weight excluding hydrogens is 350 g/mol. The molecule has 2 N–H and O–H groups in total. The lowest BCUT2D eigenvalue weighted by Gasteiger charge is -2.13. The van der Waals surface area contributed by atoms with Crippen LogP contribution in [0.25, 0.3) is 0 Å². The third kappa shape index (κ3) is 5.31. The second-order valence-electron chi connectivity index (χ2n) is 6.84. The van der Waals surface area contributed by atoms with Gasteiger partial charge in [-0.1, -0.05) is 17.7 Å². The Kier molecular flexibility index (Phi) is 6.59. The smallest absolute Gasteiger partial charge is 0.255 e. The molecule has 0 heterocycles. The predicted molar refractivity (Wildman–Crippen MR) is 109 cm³/mol. The van der Waals surface area contributed by atoms with Gasteiger partial charge in [0.2, 0.25) is 0 Å². The standard InChI is InChI=1S/C23H23N3O2/c24-16-18-7-4-8-21(15-18)26-23(28)20-11-9-19(10-12-20)22(27)25-14-13-17-5-2-1-3-6-17/h4-5,7-12,15H,1-3,6,13-14H2,(H,25,27)(H,26,28). The molecule has 2 aromatic carbocycles. The maximum atomic E-state index is 12.3. The summed E-state index contributed by atoms with van der Waals surface area (Å²) in [5.41, 5.74) is 3.45. The number of allylic oxidation sites excluding steroid dienone is 1. The van der Waals surface area contributed by atoms with Gasteiger partial charge in [0.05, 0.1) is 11.6 Å². The highest BCUT2D eigenvalue weighted by molar-refractivity contribution is 6.05. The second-order valence-corrected chi connectivity index (χ2v) is 6.84. The summed E-state index contributed by atoms with van der Waals surface area (Å²) in [5, 5.41) is 14.6. The van der Waals surface area contributed by atoms with Crippen LogP contribution in [0.15, 0.2) is 60.2 Å². The first-order chi connectivity index (χ1) is 13.7. The van der Waals surface area contributed by atoms with Crippen molar-refractivity contribution in [2.24, 2.45) is 0 Å². The van der Waals surface area contributed by atoms with Gasteiger partial charge in [-0.2, -0.15) is 5.26 Å². The molecule has 0 spiro atoms. The van der Waals surface area contributed by atoms with Crippen LogP contribution < -0.4 is 10.6 Å². The Labute approximate surface area is 165 Å². The number of rotatable bonds is 6. The Morgan fingerprint density at radius 2 is 1.75 bits per heavy atom. The molecule has 0 aromatic heterocycles. The molecule has 5 heteroatoms. The number of carbonyl (C=O) groups is 2. The molecule has 1 aliphatic carbocycles. The van der Waals surface area contributed by atoms with Crippen LogP contribution in [0.5, 0.6) is 0 Å². The van der Waals surface area contributed by atoms with Crippen molar-refractivity contribution >= 4 is 17.5 Å². The van der Waals surface area contributed by atoms with Crippen molar-refractivity contribution in [1.29, 1.82) is 5.26 Å². The van der Waals surface area contributed by atoms with Crippen molar-refractivity contribution in [1.82, 2.24) is 5.32 Å². The van der Waals surface area contributed by atoms with E-state index in [1.807, 2.05) is 6.07 Å². The van der Waals surface area contributed by atoms with Crippen LogP contribution in [-0.2, 0) is 0 Å². The van der Waals surface area contributed by atoms with E-state index in [1.54, 1.807) is 48.5 Å². The van der Waals surface area contributed by atoms with E-state index >= 15 is 0 Å². The predicted octanol–water partition coefficient (Wildman–Crippen LogP) is 4.43. The second kappa shape index (κ2) is 9.52. The highest BCUT2D eigenvalue weighted by Crippen LogP contribution is 2.19. The average molecular weight is 373 g/mol. The quantitative estimate of drug-likeness (QED) is 0.735. The highest BCUT2D eigenvalue weighted by atomic mass is 16.2. The molecule has 0 radical (unpaired) electrons.